The van der Waals surface area contributed by atoms with Gasteiger partial charge >= 0.3 is 0 Å². The number of nitrogens with zero attached hydrogens (tertiary/aromatic N) is 1. The topological polar surface area (TPSA) is 49.4 Å². The van der Waals surface area contributed by atoms with Crippen molar-refractivity contribution in [3.8, 4) is 0 Å². The molecular weight excluding hydrogens is 384 g/mol. The Labute approximate surface area is 185 Å². The van der Waals surface area contributed by atoms with Crippen molar-refractivity contribution in [3.05, 3.63) is 83.9 Å². The van der Waals surface area contributed by atoms with Crippen molar-refractivity contribution in [1.82, 2.24) is 10.2 Å². The predicted octanol–water partition coefficient (Wildman–Crippen LogP) is 5.10. The van der Waals surface area contributed by atoms with Gasteiger partial charge in [-0.3, -0.25) is 9.59 Å². The van der Waals surface area contributed by atoms with Crippen LogP contribution in [0.25, 0.3) is 10.8 Å². The van der Waals surface area contributed by atoms with Gasteiger partial charge in [-0.15, -0.1) is 0 Å². The largest absolute Gasteiger partial charge is 0.352 e. The molecule has 1 atom stereocenters. The van der Waals surface area contributed by atoms with Crippen molar-refractivity contribution in [3.63, 3.8) is 0 Å². The van der Waals surface area contributed by atoms with Crippen LogP contribution in [0.1, 0.15) is 44.7 Å². The predicted molar refractivity (Wildman–Crippen MR) is 127 cm³/mol. The Bertz CT molecular complexity index is 1010. The van der Waals surface area contributed by atoms with Gasteiger partial charge in [0.2, 0.25) is 11.8 Å². The molecule has 162 valence electrons. The van der Waals surface area contributed by atoms with Crippen LogP contribution in [0.4, 0.5) is 0 Å². The number of carbonyl (C=O) groups is 2. The fourth-order valence-electron chi connectivity index (χ4n) is 3.98. The average molecular weight is 417 g/mol. The summed E-state index contributed by atoms with van der Waals surface area (Å²) in [6.45, 7) is 6.27. The summed E-state index contributed by atoms with van der Waals surface area (Å²) in [5, 5.41) is 5.33. The minimum absolute atomic E-state index is 0.00235. The Morgan fingerprint density at radius 3 is 2.29 bits per heavy atom. The number of nitrogens with one attached hydrogen (secondary N) is 1. The van der Waals surface area contributed by atoms with E-state index < -0.39 is 6.04 Å². The monoisotopic (exact) mass is 416 g/mol. The van der Waals surface area contributed by atoms with E-state index >= 15 is 0 Å². The van der Waals surface area contributed by atoms with Gasteiger partial charge in [-0.25, -0.2) is 0 Å². The summed E-state index contributed by atoms with van der Waals surface area (Å²) in [5.74, 6) is -0.0884. The second kappa shape index (κ2) is 10.8. The van der Waals surface area contributed by atoms with E-state index in [1.165, 1.54) is 10.8 Å². The molecule has 1 N–H and O–H groups in total. The third-order valence-electron chi connectivity index (χ3n) is 5.50. The standard InChI is InChI=1S/C27H32N2O2/c1-4-25(27(31)28-20(2)3)29(19-21-11-6-5-7-12-21)26(30)18-17-23-15-10-14-22-13-8-9-16-24(22)23/h5-16,20,25H,4,17-19H2,1-3H3,(H,28,31). The number of fused-ring (bicyclic) bond motifs is 1. The number of hydrogen-bond acceptors (Lipinski definition) is 2. The van der Waals surface area contributed by atoms with E-state index in [1.807, 2.05) is 69.3 Å². The molecule has 0 saturated carbocycles. The Hall–Kier alpha value is -3.14. The van der Waals surface area contributed by atoms with Crippen molar-refractivity contribution in [2.24, 2.45) is 0 Å². The highest BCUT2D eigenvalue weighted by molar-refractivity contribution is 5.89. The molecule has 4 nitrogen and oxygen atoms in total. The summed E-state index contributed by atoms with van der Waals surface area (Å²) < 4.78 is 0. The smallest absolute Gasteiger partial charge is 0.243 e. The minimum Gasteiger partial charge on any atom is -0.352 e. The summed E-state index contributed by atoms with van der Waals surface area (Å²) in [5.41, 5.74) is 2.18. The number of amides is 2. The molecule has 0 saturated heterocycles. The fourth-order valence-corrected chi connectivity index (χ4v) is 3.98. The molecule has 0 aliphatic rings. The summed E-state index contributed by atoms with van der Waals surface area (Å²) in [6.07, 6.45) is 1.59. The maximum atomic E-state index is 13.4. The van der Waals surface area contributed by atoms with Crippen LogP contribution in [0, 0.1) is 0 Å². The lowest BCUT2D eigenvalue weighted by atomic mass is 10.00. The van der Waals surface area contributed by atoms with Crippen LogP contribution in [0.3, 0.4) is 0 Å². The van der Waals surface area contributed by atoms with E-state index in [2.05, 4.69) is 29.6 Å². The van der Waals surface area contributed by atoms with Gasteiger partial charge in [-0.2, -0.15) is 0 Å². The Balaban J connectivity index is 1.81. The SMILES string of the molecule is CCC(C(=O)NC(C)C)N(Cc1ccccc1)C(=O)CCc1cccc2ccccc12. The molecule has 3 aromatic carbocycles. The van der Waals surface area contributed by atoms with E-state index in [-0.39, 0.29) is 17.9 Å². The molecule has 0 heterocycles. The normalized spacial score (nSPS) is 12.0. The van der Waals surface area contributed by atoms with Gasteiger partial charge in [-0.1, -0.05) is 79.7 Å². The molecule has 2 amide bonds. The average Bonchev–Trinajstić information content (AvgIpc) is 2.77. The molecule has 1 unspecified atom stereocenters. The maximum Gasteiger partial charge on any atom is 0.243 e. The molecule has 0 aliphatic carbocycles. The fraction of sp³-hybridized carbons (Fsp3) is 0.333. The molecule has 3 rings (SSSR count). The van der Waals surface area contributed by atoms with Gasteiger partial charge in [-0.05, 0) is 48.6 Å². The van der Waals surface area contributed by atoms with Crippen molar-refractivity contribution in [2.45, 2.75) is 58.7 Å². The first-order chi connectivity index (χ1) is 15.0. The molecule has 4 heteroatoms. The van der Waals surface area contributed by atoms with Crippen molar-refractivity contribution in [2.75, 3.05) is 0 Å². The Morgan fingerprint density at radius 2 is 1.58 bits per heavy atom. The van der Waals surface area contributed by atoms with E-state index in [1.54, 1.807) is 4.90 Å². The molecule has 0 aromatic heterocycles. The van der Waals surface area contributed by atoms with Crippen LogP contribution < -0.4 is 5.32 Å². The summed E-state index contributed by atoms with van der Waals surface area (Å²) in [7, 11) is 0. The number of hydrogen-bond donors (Lipinski definition) is 1. The van der Waals surface area contributed by atoms with E-state index in [4.69, 9.17) is 0 Å². The van der Waals surface area contributed by atoms with Gasteiger partial charge in [0.15, 0.2) is 0 Å². The third-order valence-corrected chi connectivity index (χ3v) is 5.50. The lowest BCUT2D eigenvalue weighted by Crippen LogP contribution is -2.50. The number of rotatable bonds is 9. The molecule has 0 fully saturated rings. The zero-order chi connectivity index (χ0) is 22.2. The molecular formula is C27H32N2O2. The Morgan fingerprint density at radius 1 is 0.903 bits per heavy atom. The lowest BCUT2D eigenvalue weighted by Gasteiger charge is -2.31. The molecule has 0 spiro atoms. The van der Waals surface area contributed by atoms with Crippen molar-refractivity contribution >= 4 is 22.6 Å². The van der Waals surface area contributed by atoms with E-state index in [0.717, 1.165) is 11.1 Å². The molecule has 0 aliphatic heterocycles. The van der Waals surface area contributed by atoms with Crippen LogP contribution in [0.15, 0.2) is 72.8 Å². The Kier molecular flexibility index (Phi) is 7.82. The second-order valence-corrected chi connectivity index (χ2v) is 8.23. The van der Waals surface area contributed by atoms with Crippen molar-refractivity contribution in [1.29, 1.82) is 0 Å². The zero-order valence-corrected chi connectivity index (χ0v) is 18.7. The number of benzene rings is 3. The lowest BCUT2D eigenvalue weighted by molar-refractivity contribution is -0.141. The van der Waals surface area contributed by atoms with Crippen LogP contribution in [-0.2, 0) is 22.6 Å². The highest BCUT2D eigenvalue weighted by Gasteiger charge is 2.28. The summed E-state index contributed by atoms with van der Waals surface area (Å²) >= 11 is 0. The maximum absolute atomic E-state index is 13.4. The van der Waals surface area contributed by atoms with Gasteiger partial charge in [0.25, 0.3) is 0 Å². The summed E-state index contributed by atoms with van der Waals surface area (Å²) in [4.78, 5) is 28.0. The zero-order valence-electron chi connectivity index (χ0n) is 18.7. The molecule has 0 radical (unpaired) electrons. The summed E-state index contributed by atoms with van der Waals surface area (Å²) in [6, 6.07) is 23.9. The van der Waals surface area contributed by atoms with E-state index in [0.29, 0.717) is 25.8 Å². The number of aryl methyl sites for hydroxylation is 1. The number of carbonyl (C=O) groups excluding carboxylic acids is 2. The highest BCUT2D eigenvalue weighted by Crippen LogP contribution is 2.21. The second-order valence-electron chi connectivity index (χ2n) is 8.23. The first-order valence-electron chi connectivity index (χ1n) is 11.1. The van der Waals surface area contributed by atoms with Gasteiger partial charge < -0.3 is 10.2 Å². The molecule has 3 aromatic rings. The van der Waals surface area contributed by atoms with Crippen LogP contribution in [-0.4, -0.2) is 28.8 Å². The highest BCUT2D eigenvalue weighted by atomic mass is 16.2. The van der Waals surface area contributed by atoms with Gasteiger partial charge in [0, 0.05) is 19.0 Å². The minimum atomic E-state index is -0.484. The third kappa shape index (κ3) is 5.94. The van der Waals surface area contributed by atoms with Gasteiger partial charge in [0.05, 0.1) is 0 Å². The van der Waals surface area contributed by atoms with Crippen molar-refractivity contribution < 1.29 is 9.59 Å². The molecule has 0 bridgehead atoms. The van der Waals surface area contributed by atoms with Crippen LogP contribution in [0.5, 0.6) is 0 Å². The van der Waals surface area contributed by atoms with Crippen LogP contribution >= 0.6 is 0 Å². The molecule has 31 heavy (non-hydrogen) atoms. The first kappa shape index (κ1) is 22.5. The van der Waals surface area contributed by atoms with Crippen LogP contribution in [0.2, 0.25) is 0 Å². The quantitative estimate of drug-likeness (QED) is 0.527. The van der Waals surface area contributed by atoms with E-state index in [9.17, 15) is 9.59 Å². The van der Waals surface area contributed by atoms with Gasteiger partial charge in [0.1, 0.15) is 6.04 Å². The first-order valence-corrected chi connectivity index (χ1v) is 11.1.